The third-order valence-corrected chi connectivity index (χ3v) is 17.7. The summed E-state index contributed by atoms with van der Waals surface area (Å²) < 4.78 is 124. The average Bonchev–Trinajstić information content (AvgIpc) is 1.63. The number of halogens is 9. The number of rotatable bonds is 30. The second-order valence-electron chi connectivity index (χ2n) is 25.0. The van der Waals surface area contributed by atoms with Crippen molar-refractivity contribution in [3.8, 4) is 0 Å². The van der Waals surface area contributed by atoms with E-state index in [0.717, 1.165) is 36.4 Å². The van der Waals surface area contributed by atoms with E-state index in [9.17, 15) is 68.3 Å². The van der Waals surface area contributed by atoms with Gasteiger partial charge in [-0.25, -0.2) is 0 Å². The van der Waals surface area contributed by atoms with Gasteiger partial charge in [0.1, 0.15) is 18.1 Å². The van der Waals surface area contributed by atoms with Crippen LogP contribution in [0.15, 0.2) is 127 Å². The number of anilines is 3. The Morgan fingerprint density at radius 2 is 0.620 bits per heavy atom. The maximum Gasteiger partial charge on any atom is 0.416 e. The van der Waals surface area contributed by atoms with E-state index in [1.165, 1.54) is 18.2 Å². The predicted molar refractivity (Wildman–Crippen MR) is 366 cm³/mol. The lowest BCUT2D eigenvalue weighted by molar-refractivity contribution is -0.138. The monoisotopic (exact) mass is 1390 g/mol. The highest BCUT2D eigenvalue weighted by atomic mass is 19.4. The Bertz CT molecular complexity index is 3950. The number of carbonyl (C=O) groups is 6. The number of H-pyrrole nitrogens is 3. The maximum atomic E-state index is 14.1. The fourth-order valence-corrected chi connectivity index (χ4v) is 12.4. The zero-order valence-corrected chi connectivity index (χ0v) is 55.1. The predicted octanol–water partition coefficient (Wildman–Crippen LogP) is 12.7. The summed E-state index contributed by atoms with van der Waals surface area (Å²) in [6, 6.07) is 27.1. The summed E-state index contributed by atoms with van der Waals surface area (Å²) in [6.45, 7) is 5.88. The third kappa shape index (κ3) is 18.8. The van der Waals surface area contributed by atoms with Crippen LogP contribution < -0.4 is 49.1 Å². The summed E-state index contributed by atoms with van der Waals surface area (Å²) >= 11 is 0. The average molecular weight is 1390 g/mol. The molecule has 100 heavy (non-hydrogen) atoms. The van der Waals surface area contributed by atoms with E-state index in [4.69, 9.17) is 17.2 Å². The summed E-state index contributed by atoms with van der Waals surface area (Å²) in [7, 11) is 0. The van der Waals surface area contributed by atoms with Crippen LogP contribution in [0.5, 0.6) is 0 Å². The van der Waals surface area contributed by atoms with E-state index in [1.54, 1.807) is 93.6 Å². The van der Waals surface area contributed by atoms with Crippen molar-refractivity contribution in [1.29, 1.82) is 0 Å². The molecule has 0 radical (unpaired) electrons. The number of aromatic nitrogens is 3. The molecular weight excluding hydrogens is 1310 g/mol. The number of aryl methyl sites for hydroxylation is 3. The molecule has 0 unspecified atom stereocenters. The first-order valence-corrected chi connectivity index (χ1v) is 32.8. The maximum absolute atomic E-state index is 14.1. The van der Waals surface area contributed by atoms with Crippen LogP contribution in [0.3, 0.4) is 0 Å². The zero-order valence-electron chi connectivity index (χ0n) is 55.1. The van der Waals surface area contributed by atoms with Gasteiger partial charge in [-0.1, -0.05) is 36.4 Å². The first-order valence-electron chi connectivity index (χ1n) is 32.8. The van der Waals surface area contributed by atoms with E-state index in [2.05, 4.69) is 46.9 Å². The Hall–Kier alpha value is -9.99. The number of carbonyl (C=O) groups excluding carboxylic acids is 6. The number of aromatic amines is 3. The van der Waals surface area contributed by atoms with E-state index in [1.807, 2.05) is 0 Å². The van der Waals surface area contributed by atoms with Crippen LogP contribution in [0.2, 0.25) is 0 Å². The number of hydrogen-bond donors (Lipinski definition) is 12. The summed E-state index contributed by atoms with van der Waals surface area (Å²) in [4.78, 5) is 92.6. The summed E-state index contributed by atoms with van der Waals surface area (Å²) in [5.74, 6) is -4.09. The van der Waals surface area contributed by atoms with Crippen LogP contribution >= 0.6 is 0 Å². The minimum absolute atomic E-state index is 0.187. The molecule has 0 bridgehead atoms. The van der Waals surface area contributed by atoms with Gasteiger partial charge in [0.05, 0.1) is 36.0 Å². The van der Waals surface area contributed by atoms with Crippen molar-refractivity contribution in [2.24, 2.45) is 17.2 Å². The Morgan fingerprint density at radius 3 is 0.850 bits per heavy atom. The molecule has 0 spiro atoms. The highest BCUT2D eigenvalue weighted by Gasteiger charge is 2.35. The molecule has 6 amide bonds. The van der Waals surface area contributed by atoms with E-state index < -0.39 is 94.7 Å². The minimum atomic E-state index is -4.62. The van der Waals surface area contributed by atoms with Gasteiger partial charge in [-0.2, -0.15) is 39.5 Å². The van der Waals surface area contributed by atoms with Crippen LogP contribution in [-0.2, 0) is 66.6 Å². The number of nitrogens with one attached hydrogen (secondary N) is 9. The summed E-state index contributed by atoms with van der Waals surface area (Å²) in [5, 5.41) is 17.7. The lowest BCUT2D eigenvalue weighted by atomic mass is 9.85. The Kier molecular flexibility index (Phi) is 24.0. The van der Waals surface area contributed by atoms with Crippen molar-refractivity contribution in [1.82, 2.24) is 30.9 Å². The van der Waals surface area contributed by atoms with Crippen molar-refractivity contribution in [3.05, 3.63) is 195 Å². The highest BCUT2D eigenvalue weighted by Crippen LogP contribution is 2.38. The molecule has 3 aromatic heterocycles. The Balaban J connectivity index is 0.953. The van der Waals surface area contributed by atoms with Gasteiger partial charge in [0.2, 0.25) is 35.4 Å². The summed E-state index contributed by atoms with van der Waals surface area (Å²) in [6.07, 6.45) is -11.3. The van der Waals surface area contributed by atoms with Crippen molar-refractivity contribution in [2.75, 3.05) is 35.6 Å². The van der Waals surface area contributed by atoms with Gasteiger partial charge < -0.3 is 64.1 Å². The number of benzene rings is 6. The molecule has 0 saturated carbocycles. The second-order valence-corrected chi connectivity index (χ2v) is 25.0. The number of hydrogen-bond acceptors (Lipinski definition) is 9. The van der Waals surface area contributed by atoms with E-state index in [0.29, 0.717) is 142 Å². The fraction of sp³-hybridized carbons (Fsp3) is 0.342. The number of amides is 6. The number of alkyl halides is 9. The quantitative estimate of drug-likeness (QED) is 0.0116. The Morgan fingerprint density at radius 1 is 0.370 bits per heavy atom. The number of nitrogens with two attached hydrogens (primary N) is 3. The molecule has 0 aliphatic rings. The van der Waals surface area contributed by atoms with E-state index in [-0.39, 0.29) is 54.7 Å². The van der Waals surface area contributed by atoms with Gasteiger partial charge in [0.25, 0.3) is 0 Å². The molecule has 15 N–H and O–H groups in total. The molecule has 0 aliphatic heterocycles. The molecule has 0 aliphatic carbocycles. The van der Waals surface area contributed by atoms with Crippen LogP contribution in [0.25, 0.3) is 32.7 Å². The molecule has 530 valence electrons. The van der Waals surface area contributed by atoms with Crippen molar-refractivity contribution < 1.29 is 68.3 Å². The number of unbranched alkanes of at least 4 members (excludes halogenated alkanes) is 3. The molecule has 3 heterocycles. The number of fused-ring (bicyclic) bond motifs is 3. The molecule has 9 rings (SSSR count). The van der Waals surface area contributed by atoms with Crippen LogP contribution in [0.4, 0.5) is 56.6 Å². The molecular formula is C73H79F9N12O6. The zero-order chi connectivity index (χ0) is 72.2. The van der Waals surface area contributed by atoms with Gasteiger partial charge in [0, 0.05) is 72.8 Å². The van der Waals surface area contributed by atoms with Crippen molar-refractivity contribution in [3.63, 3.8) is 0 Å². The molecule has 27 heteroatoms. The largest absolute Gasteiger partial charge is 0.416 e. The molecule has 18 nitrogen and oxygen atoms in total. The molecule has 6 aromatic carbocycles. The first-order chi connectivity index (χ1) is 47.5. The van der Waals surface area contributed by atoms with Gasteiger partial charge in [-0.15, -0.1) is 0 Å². The van der Waals surface area contributed by atoms with Crippen molar-refractivity contribution in [2.45, 2.75) is 140 Å². The van der Waals surface area contributed by atoms with Gasteiger partial charge in [0.15, 0.2) is 0 Å². The standard InChI is InChI=1S/C73H79F9N12O6/c1-40-52(55-34-46(71(74,75)76)19-28-58(55)86-40)37-64(95)92-61(10-4-7-31-83)68(98)89-49-22-13-43(14-23-49)67(44-15-24-50(25-16-44)90-69(99)62(11-5-8-32-84)93-65(96)38-53-41(2)87-59-29-20-47(35-56(53)59)72(77,78)79)45-17-26-51(27-18-45)91-70(100)63(12-6-9-33-85)94-66(97)39-54-42(3)88-60-30-21-48(36-57(54)60)73(80,81)82/h13-30,34-36,61-63,67,86-88H,4-12,31-33,37-39,83-85H2,1-3H3,(H,89,98)(H,90,99)(H,91,100)(H,92,95)(H,93,96)(H,94,97)/t61-,62-,63-/m0/s1. The SMILES string of the molecule is Cc1[nH]c2ccc(C(F)(F)F)cc2c1CC(=O)N[C@@H](CCCCN)C(=O)Nc1ccc(C(c2ccc(NC(=O)[C@H](CCCCN)NC(=O)Cc3c(C)[nH]c4ccc(C(F)(F)F)cc34)cc2)c2ccc(NC(=O)[C@H](CCCCN)NC(=O)Cc3c(C)[nH]c4ccc(C(F)(F)F)cc34)cc2)cc1. The lowest BCUT2D eigenvalue weighted by Crippen LogP contribution is -2.44. The molecule has 9 aromatic rings. The fourth-order valence-electron chi connectivity index (χ4n) is 12.4. The molecule has 3 atom stereocenters. The smallest absolute Gasteiger partial charge is 0.358 e. The first kappa shape index (κ1) is 74.2. The van der Waals surface area contributed by atoms with Crippen LogP contribution in [0.1, 0.15) is 131 Å². The van der Waals surface area contributed by atoms with Crippen LogP contribution in [0, 0.1) is 20.8 Å². The van der Waals surface area contributed by atoms with Gasteiger partial charge in [-0.05, 0) is 223 Å². The second kappa shape index (κ2) is 32.3. The minimum Gasteiger partial charge on any atom is -0.358 e. The van der Waals surface area contributed by atoms with Gasteiger partial charge in [-0.3, -0.25) is 28.8 Å². The van der Waals surface area contributed by atoms with Gasteiger partial charge >= 0.3 is 18.5 Å². The van der Waals surface area contributed by atoms with E-state index >= 15 is 0 Å². The van der Waals surface area contributed by atoms with Crippen LogP contribution in [-0.4, -0.2) is 88.2 Å². The molecule has 0 saturated heterocycles. The lowest BCUT2D eigenvalue weighted by Gasteiger charge is -2.22. The Labute approximate surface area is 569 Å². The molecule has 0 fully saturated rings. The normalized spacial score (nSPS) is 13.0. The third-order valence-electron chi connectivity index (χ3n) is 17.7. The summed E-state index contributed by atoms with van der Waals surface area (Å²) in [5.41, 5.74) is 21.6. The highest BCUT2D eigenvalue weighted by molar-refractivity contribution is 6.01. The topological polar surface area (TPSA) is 300 Å². The van der Waals surface area contributed by atoms with Crippen molar-refractivity contribution >= 4 is 85.2 Å².